The van der Waals surface area contributed by atoms with Crippen LogP contribution in [0.2, 0.25) is 0 Å². The van der Waals surface area contributed by atoms with E-state index in [0.717, 1.165) is 62.3 Å². The molecule has 0 saturated heterocycles. The number of aromatic nitrogens is 3. The Hall–Kier alpha value is -2.37. The molecule has 4 rings (SSSR count). The van der Waals surface area contributed by atoms with Gasteiger partial charge in [-0.1, -0.05) is 11.3 Å². The molecule has 0 radical (unpaired) electrons. The van der Waals surface area contributed by atoms with Crippen molar-refractivity contribution >= 4 is 5.91 Å². The lowest BCUT2D eigenvalue weighted by Crippen LogP contribution is -2.40. The van der Waals surface area contributed by atoms with Crippen molar-refractivity contribution in [1.29, 1.82) is 0 Å². The summed E-state index contributed by atoms with van der Waals surface area (Å²) < 4.78 is 7.15. The first-order valence-electron chi connectivity index (χ1n) is 8.97. The highest BCUT2D eigenvalue weighted by Crippen LogP contribution is 2.27. The van der Waals surface area contributed by atoms with Gasteiger partial charge in [-0.15, -0.1) is 5.10 Å². The summed E-state index contributed by atoms with van der Waals surface area (Å²) in [5, 5.41) is 8.29. The topological polar surface area (TPSA) is 60.2 Å². The maximum absolute atomic E-state index is 13.1. The van der Waals surface area contributed by atoms with Crippen molar-refractivity contribution in [3.8, 4) is 5.75 Å². The predicted octanol–water partition coefficient (Wildman–Crippen LogP) is 1.56. The van der Waals surface area contributed by atoms with E-state index in [4.69, 9.17) is 4.74 Å². The van der Waals surface area contributed by atoms with Gasteiger partial charge in [-0.05, 0) is 48.9 Å². The molecule has 0 fully saturated rings. The van der Waals surface area contributed by atoms with Crippen LogP contribution in [0.25, 0.3) is 0 Å². The highest BCUT2D eigenvalue weighted by atomic mass is 16.5. The zero-order valence-electron chi connectivity index (χ0n) is 14.9. The average molecular weight is 340 g/mol. The highest BCUT2D eigenvalue weighted by molar-refractivity contribution is 5.79. The fraction of sp³-hybridized carbons (Fsp3) is 0.526. The summed E-state index contributed by atoms with van der Waals surface area (Å²) in [5.41, 5.74) is 4.81. The molecule has 0 bridgehead atoms. The van der Waals surface area contributed by atoms with Crippen LogP contribution in [0.4, 0.5) is 0 Å². The van der Waals surface area contributed by atoms with Gasteiger partial charge in [0.05, 0.1) is 18.5 Å². The van der Waals surface area contributed by atoms with Gasteiger partial charge in [0.25, 0.3) is 0 Å². The Morgan fingerprint density at radius 1 is 1.20 bits per heavy atom. The predicted molar refractivity (Wildman–Crippen MR) is 93.5 cm³/mol. The highest BCUT2D eigenvalue weighted by Gasteiger charge is 2.31. The third-order valence-electron chi connectivity index (χ3n) is 5.57. The first kappa shape index (κ1) is 16.1. The van der Waals surface area contributed by atoms with Crippen LogP contribution in [0.3, 0.4) is 0 Å². The average Bonchev–Trinajstić information content (AvgIpc) is 2.89. The van der Waals surface area contributed by atoms with Crippen molar-refractivity contribution in [2.45, 2.75) is 32.1 Å². The number of hydrogen-bond acceptors (Lipinski definition) is 4. The number of fused-ring (bicyclic) bond motifs is 2. The van der Waals surface area contributed by atoms with Gasteiger partial charge in [-0.25, -0.2) is 0 Å². The van der Waals surface area contributed by atoms with Crippen LogP contribution in [-0.2, 0) is 37.5 Å². The maximum Gasteiger partial charge on any atom is 0.226 e. The van der Waals surface area contributed by atoms with Crippen LogP contribution in [0.15, 0.2) is 18.2 Å². The molecule has 0 spiro atoms. The van der Waals surface area contributed by atoms with Gasteiger partial charge >= 0.3 is 0 Å². The van der Waals surface area contributed by atoms with E-state index in [-0.39, 0.29) is 11.8 Å². The minimum atomic E-state index is 0.0560. The fourth-order valence-electron chi connectivity index (χ4n) is 4.03. The molecule has 1 atom stereocenters. The van der Waals surface area contributed by atoms with Crippen molar-refractivity contribution in [1.82, 2.24) is 19.9 Å². The number of ether oxygens (including phenoxy) is 1. The van der Waals surface area contributed by atoms with Crippen molar-refractivity contribution in [3.63, 3.8) is 0 Å². The maximum atomic E-state index is 13.1. The molecule has 1 aliphatic heterocycles. The lowest BCUT2D eigenvalue weighted by Gasteiger charge is -2.28. The number of methoxy groups -OCH3 is 1. The fourth-order valence-corrected chi connectivity index (χ4v) is 4.03. The number of rotatable bonds is 2. The number of aryl methyl sites for hydroxylation is 2. The van der Waals surface area contributed by atoms with Gasteiger partial charge in [0.2, 0.25) is 5.91 Å². The second kappa shape index (κ2) is 6.50. The lowest BCUT2D eigenvalue weighted by atomic mass is 9.88. The Morgan fingerprint density at radius 2 is 2.00 bits per heavy atom. The van der Waals surface area contributed by atoms with Crippen LogP contribution in [0, 0.1) is 5.92 Å². The first-order chi connectivity index (χ1) is 12.2. The third kappa shape index (κ3) is 3.01. The van der Waals surface area contributed by atoms with E-state index >= 15 is 0 Å². The molecule has 0 N–H and O–H groups in total. The van der Waals surface area contributed by atoms with Crippen LogP contribution in [-0.4, -0.2) is 46.0 Å². The second-order valence-electron chi connectivity index (χ2n) is 7.01. The number of carbonyl (C=O) groups excluding carboxylic acids is 1. The van der Waals surface area contributed by atoms with Gasteiger partial charge in [0.15, 0.2) is 0 Å². The number of benzene rings is 1. The van der Waals surface area contributed by atoms with Gasteiger partial charge in [-0.2, -0.15) is 0 Å². The van der Waals surface area contributed by atoms with Crippen LogP contribution in [0.1, 0.15) is 28.9 Å². The van der Waals surface area contributed by atoms with Crippen LogP contribution >= 0.6 is 0 Å². The van der Waals surface area contributed by atoms with E-state index in [1.54, 1.807) is 7.11 Å². The standard InChI is InChI=1S/C19H24N4O2/c1-22-18-12-15(4-6-17(18)20-21-22)19(24)23-9-7-13-3-5-16(25-2)11-14(13)8-10-23/h3,5,11,15H,4,6-10,12H2,1-2H3. The summed E-state index contributed by atoms with van der Waals surface area (Å²) in [5.74, 6) is 1.23. The van der Waals surface area contributed by atoms with Gasteiger partial charge < -0.3 is 9.64 Å². The van der Waals surface area contributed by atoms with Gasteiger partial charge in [-0.3, -0.25) is 9.48 Å². The van der Waals surface area contributed by atoms with Crippen LogP contribution < -0.4 is 4.74 Å². The van der Waals surface area contributed by atoms with Crippen molar-refractivity contribution in [3.05, 3.63) is 40.7 Å². The van der Waals surface area contributed by atoms with E-state index < -0.39 is 0 Å². The Balaban J connectivity index is 1.46. The minimum absolute atomic E-state index is 0.0560. The monoisotopic (exact) mass is 340 g/mol. The number of hydrogen-bond donors (Lipinski definition) is 0. The minimum Gasteiger partial charge on any atom is -0.497 e. The quantitative estimate of drug-likeness (QED) is 0.832. The van der Waals surface area contributed by atoms with Gasteiger partial charge in [0.1, 0.15) is 5.75 Å². The molecule has 2 aromatic rings. The largest absolute Gasteiger partial charge is 0.497 e. The van der Waals surface area contributed by atoms with Crippen molar-refractivity contribution in [2.24, 2.45) is 13.0 Å². The van der Waals surface area contributed by atoms with Crippen molar-refractivity contribution < 1.29 is 9.53 Å². The number of amides is 1. The van der Waals surface area contributed by atoms with E-state index in [9.17, 15) is 4.79 Å². The molecule has 1 aliphatic carbocycles. The summed E-state index contributed by atoms with van der Waals surface area (Å²) in [6.07, 6.45) is 4.29. The Morgan fingerprint density at radius 3 is 2.80 bits per heavy atom. The van der Waals surface area contributed by atoms with E-state index in [0.29, 0.717) is 0 Å². The Labute approximate surface area is 147 Å². The molecule has 0 saturated carbocycles. The van der Waals surface area contributed by atoms with E-state index in [2.05, 4.69) is 22.4 Å². The molecule has 132 valence electrons. The molecule has 6 heteroatoms. The summed E-state index contributed by atoms with van der Waals surface area (Å²) >= 11 is 0. The van der Waals surface area contributed by atoms with Crippen molar-refractivity contribution in [2.75, 3.05) is 20.2 Å². The molecule has 2 aliphatic rings. The molecule has 25 heavy (non-hydrogen) atoms. The molecule has 1 unspecified atom stereocenters. The van der Waals surface area contributed by atoms with Gasteiger partial charge in [0, 0.05) is 32.5 Å². The smallest absolute Gasteiger partial charge is 0.226 e. The summed E-state index contributed by atoms with van der Waals surface area (Å²) in [4.78, 5) is 15.1. The molecular weight excluding hydrogens is 316 g/mol. The first-order valence-corrected chi connectivity index (χ1v) is 8.97. The Kier molecular flexibility index (Phi) is 4.19. The Bertz CT molecular complexity index is 799. The molecule has 1 amide bonds. The van der Waals surface area contributed by atoms with Crippen LogP contribution in [0.5, 0.6) is 5.75 Å². The second-order valence-corrected chi connectivity index (χ2v) is 7.01. The summed E-state index contributed by atoms with van der Waals surface area (Å²) in [6.45, 7) is 1.58. The molecule has 1 aromatic carbocycles. The molecule has 2 heterocycles. The number of carbonyl (C=O) groups is 1. The lowest BCUT2D eigenvalue weighted by molar-refractivity contribution is -0.135. The molecule has 1 aromatic heterocycles. The number of nitrogens with zero attached hydrogens (tertiary/aromatic N) is 4. The summed E-state index contributed by atoms with van der Waals surface area (Å²) in [6, 6.07) is 6.25. The summed E-state index contributed by atoms with van der Waals surface area (Å²) in [7, 11) is 3.60. The molecular formula is C19H24N4O2. The molecule has 6 nitrogen and oxygen atoms in total. The third-order valence-corrected chi connectivity index (χ3v) is 5.57. The SMILES string of the molecule is COc1ccc2c(c1)CCN(C(=O)C1CCc3nnn(C)c3C1)CC2. The normalized spacial score (nSPS) is 19.8. The zero-order valence-corrected chi connectivity index (χ0v) is 14.9. The zero-order chi connectivity index (χ0) is 17.4. The van der Waals surface area contributed by atoms with E-state index in [1.165, 1.54) is 11.1 Å². The van der Waals surface area contributed by atoms with E-state index in [1.807, 2.05) is 22.7 Å².